The minimum atomic E-state index is -1.96. The fourth-order valence-corrected chi connectivity index (χ4v) is 3.24. The number of benzene rings is 2. The van der Waals surface area contributed by atoms with Crippen LogP contribution in [-0.2, 0) is 16.0 Å². The van der Waals surface area contributed by atoms with Crippen molar-refractivity contribution in [3.8, 4) is 11.8 Å². The molecule has 0 spiro atoms. The Kier molecular flexibility index (Phi) is 9.33. The highest BCUT2D eigenvalue weighted by Crippen LogP contribution is 2.18. The zero-order valence-electron chi connectivity index (χ0n) is 19.3. The number of likely N-dealkylation sites (N-methyl/N-ethyl adjacent to an activating group) is 2. The van der Waals surface area contributed by atoms with Crippen LogP contribution in [0.5, 0.6) is 0 Å². The molecule has 0 fully saturated rings. The van der Waals surface area contributed by atoms with E-state index in [1.54, 1.807) is 12.1 Å². The highest BCUT2D eigenvalue weighted by Gasteiger charge is 2.47. The Morgan fingerprint density at radius 3 is 1.88 bits per heavy atom. The first kappa shape index (κ1) is 26.5. The number of aliphatic hydroxyl groups excluding tert-OH is 2. The molecule has 2 rings (SSSR count). The maximum atomic E-state index is 12.9. The molecule has 2 aromatic carbocycles. The molecule has 1 atom stereocenters. The van der Waals surface area contributed by atoms with Gasteiger partial charge < -0.3 is 20.4 Å². The van der Waals surface area contributed by atoms with Gasteiger partial charge in [0.2, 0.25) is 0 Å². The molecule has 2 aromatic rings. The van der Waals surface area contributed by atoms with Crippen molar-refractivity contribution in [1.82, 2.24) is 15.7 Å². The second-order valence-corrected chi connectivity index (χ2v) is 7.92. The van der Waals surface area contributed by atoms with Gasteiger partial charge in [-0.05, 0) is 55.3 Å². The van der Waals surface area contributed by atoms with Gasteiger partial charge in [0.05, 0.1) is 0 Å². The normalized spacial score (nSPS) is 12.2. The van der Waals surface area contributed by atoms with Crippen LogP contribution in [0.25, 0.3) is 0 Å². The minimum absolute atomic E-state index is 0.0774. The van der Waals surface area contributed by atoms with Crippen LogP contribution in [0.3, 0.4) is 0 Å². The second kappa shape index (κ2) is 12.0. The van der Waals surface area contributed by atoms with E-state index in [-0.39, 0.29) is 24.7 Å². The second-order valence-electron chi connectivity index (χ2n) is 7.92. The van der Waals surface area contributed by atoms with Crippen LogP contribution in [0.15, 0.2) is 48.5 Å². The Balaban J connectivity index is 2.15. The van der Waals surface area contributed by atoms with Gasteiger partial charge in [-0.15, -0.1) is 0 Å². The molecular formula is C25H29N3O6. The molecule has 0 aromatic heterocycles. The lowest BCUT2D eigenvalue weighted by Crippen LogP contribution is -2.64. The van der Waals surface area contributed by atoms with E-state index in [1.807, 2.05) is 24.3 Å². The average Bonchev–Trinajstić information content (AvgIpc) is 2.89. The summed E-state index contributed by atoms with van der Waals surface area (Å²) in [6, 6.07) is 13.9. The third-order valence-corrected chi connectivity index (χ3v) is 5.67. The van der Waals surface area contributed by atoms with Gasteiger partial charge in [0.1, 0.15) is 0 Å². The maximum absolute atomic E-state index is 12.9. The molecular weight excluding hydrogens is 438 g/mol. The molecule has 0 aliphatic rings. The number of nitrogens with zero attached hydrogens (tertiary/aromatic N) is 1. The molecule has 0 aliphatic heterocycles. The summed E-state index contributed by atoms with van der Waals surface area (Å²) in [5.41, 5.74) is 2.14. The SMILES string of the molecule is CNC(=O)C(C)(C(=O)NO)N(C)C(=O)c1ccc(C#Cc2ccc(CC(CO)CO)cc2)cc1. The third-order valence-electron chi connectivity index (χ3n) is 5.67. The van der Waals surface area contributed by atoms with Crippen molar-refractivity contribution in [2.24, 2.45) is 5.92 Å². The molecule has 5 N–H and O–H groups in total. The molecule has 1 unspecified atom stereocenters. The fourth-order valence-electron chi connectivity index (χ4n) is 3.24. The molecule has 9 heteroatoms. The average molecular weight is 468 g/mol. The predicted molar refractivity (Wildman–Crippen MR) is 125 cm³/mol. The van der Waals surface area contributed by atoms with Gasteiger partial charge in [0, 0.05) is 49.9 Å². The van der Waals surface area contributed by atoms with E-state index < -0.39 is 23.3 Å². The number of aliphatic hydroxyl groups is 2. The Labute approximate surface area is 198 Å². The molecule has 0 aliphatic carbocycles. The Morgan fingerprint density at radius 1 is 0.941 bits per heavy atom. The van der Waals surface area contributed by atoms with Gasteiger partial charge >= 0.3 is 0 Å². The van der Waals surface area contributed by atoms with Gasteiger partial charge in [0.15, 0.2) is 5.54 Å². The van der Waals surface area contributed by atoms with Crippen LogP contribution >= 0.6 is 0 Å². The van der Waals surface area contributed by atoms with Gasteiger partial charge in [-0.25, -0.2) is 5.48 Å². The van der Waals surface area contributed by atoms with Crippen molar-refractivity contribution >= 4 is 17.7 Å². The molecule has 180 valence electrons. The number of carbonyl (C=O) groups excluding carboxylic acids is 3. The summed E-state index contributed by atoms with van der Waals surface area (Å²) in [6.45, 7) is 1.08. The lowest BCUT2D eigenvalue weighted by molar-refractivity contribution is -0.148. The summed E-state index contributed by atoms with van der Waals surface area (Å²) in [5, 5.41) is 29.7. The van der Waals surface area contributed by atoms with Crippen molar-refractivity contribution in [2.45, 2.75) is 18.9 Å². The first-order valence-corrected chi connectivity index (χ1v) is 10.6. The van der Waals surface area contributed by atoms with Crippen LogP contribution < -0.4 is 10.8 Å². The number of hydrogen-bond acceptors (Lipinski definition) is 6. The summed E-state index contributed by atoms with van der Waals surface area (Å²) in [5.74, 6) is 3.46. The Bertz CT molecular complexity index is 1050. The zero-order chi connectivity index (χ0) is 25.3. The van der Waals surface area contributed by atoms with Crippen molar-refractivity contribution in [3.63, 3.8) is 0 Å². The number of hydrogen-bond donors (Lipinski definition) is 5. The highest BCUT2D eigenvalue weighted by atomic mass is 16.5. The summed E-state index contributed by atoms with van der Waals surface area (Å²) in [6.07, 6.45) is 0.573. The van der Waals surface area contributed by atoms with Gasteiger partial charge in [-0.3, -0.25) is 19.6 Å². The molecule has 0 heterocycles. The van der Waals surface area contributed by atoms with Crippen LogP contribution in [0.4, 0.5) is 0 Å². The molecule has 0 saturated heterocycles. The smallest absolute Gasteiger partial charge is 0.278 e. The third kappa shape index (κ3) is 5.99. The number of rotatable bonds is 8. The van der Waals surface area contributed by atoms with Crippen LogP contribution in [0, 0.1) is 17.8 Å². The summed E-state index contributed by atoms with van der Waals surface area (Å²) in [4.78, 5) is 38.3. The van der Waals surface area contributed by atoms with Crippen LogP contribution in [-0.4, -0.2) is 70.9 Å². The fraction of sp³-hybridized carbons (Fsp3) is 0.320. The van der Waals surface area contributed by atoms with Crippen molar-refractivity contribution < 1.29 is 29.8 Å². The number of amides is 3. The van der Waals surface area contributed by atoms with Crippen LogP contribution in [0.1, 0.15) is 34.0 Å². The van der Waals surface area contributed by atoms with E-state index in [1.165, 1.54) is 38.6 Å². The van der Waals surface area contributed by atoms with E-state index in [2.05, 4.69) is 17.2 Å². The Hall–Kier alpha value is -3.71. The first-order valence-electron chi connectivity index (χ1n) is 10.6. The molecule has 0 bridgehead atoms. The van der Waals surface area contributed by atoms with E-state index in [0.717, 1.165) is 16.0 Å². The van der Waals surface area contributed by atoms with E-state index in [9.17, 15) is 24.6 Å². The summed E-state index contributed by atoms with van der Waals surface area (Å²) >= 11 is 0. The van der Waals surface area contributed by atoms with Gasteiger partial charge in [-0.2, -0.15) is 0 Å². The monoisotopic (exact) mass is 467 g/mol. The first-order chi connectivity index (χ1) is 16.2. The maximum Gasteiger partial charge on any atom is 0.278 e. The number of carbonyl (C=O) groups is 3. The lowest BCUT2D eigenvalue weighted by atomic mass is 9.96. The zero-order valence-corrected chi connectivity index (χ0v) is 19.3. The standard InChI is InChI=1S/C25H29N3O6/c1-25(23(32)26-2,24(33)27-34)28(3)22(31)21-12-10-18(11-13-21)5-4-17-6-8-19(9-7-17)14-20(15-29)16-30/h6-13,20,29-30,34H,14-16H2,1-3H3,(H,26,32)(H,27,33). The van der Waals surface area contributed by atoms with Crippen molar-refractivity contribution in [2.75, 3.05) is 27.3 Å². The van der Waals surface area contributed by atoms with E-state index in [0.29, 0.717) is 12.0 Å². The topological polar surface area (TPSA) is 139 Å². The molecule has 0 saturated carbocycles. The minimum Gasteiger partial charge on any atom is -0.396 e. The van der Waals surface area contributed by atoms with Crippen LogP contribution in [0.2, 0.25) is 0 Å². The highest BCUT2D eigenvalue weighted by molar-refractivity contribution is 6.12. The lowest BCUT2D eigenvalue weighted by Gasteiger charge is -2.34. The summed E-state index contributed by atoms with van der Waals surface area (Å²) in [7, 11) is 2.62. The Morgan fingerprint density at radius 2 is 1.44 bits per heavy atom. The molecule has 3 amide bonds. The van der Waals surface area contributed by atoms with Gasteiger partial charge in [-0.1, -0.05) is 24.0 Å². The molecule has 34 heavy (non-hydrogen) atoms. The molecule has 0 radical (unpaired) electrons. The van der Waals surface area contributed by atoms with E-state index >= 15 is 0 Å². The van der Waals surface area contributed by atoms with Crippen molar-refractivity contribution in [3.05, 3.63) is 70.8 Å². The molecule has 9 nitrogen and oxygen atoms in total. The van der Waals surface area contributed by atoms with Crippen molar-refractivity contribution in [1.29, 1.82) is 0 Å². The van der Waals surface area contributed by atoms with E-state index in [4.69, 9.17) is 5.21 Å². The van der Waals surface area contributed by atoms with Gasteiger partial charge in [0.25, 0.3) is 17.7 Å². The number of nitrogens with one attached hydrogen (secondary N) is 2. The summed E-state index contributed by atoms with van der Waals surface area (Å²) < 4.78 is 0. The number of hydroxylamine groups is 1. The largest absolute Gasteiger partial charge is 0.396 e. The predicted octanol–water partition coefficient (Wildman–Crippen LogP) is 0.312. The quantitative estimate of drug-likeness (QED) is 0.164.